The van der Waals surface area contributed by atoms with Gasteiger partial charge >= 0.3 is 0 Å². The molecule has 2 nitrogen and oxygen atoms in total. The van der Waals surface area contributed by atoms with Crippen LogP contribution in [-0.2, 0) is 0 Å². The summed E-state index contributed by atoms with van der Waals surface area (Å²) < 4.78 is 6.29. The number of furan rings is 1. The summed E-state index contributed by atoms with van der Waals surface area (Å²) in [6.07, 6.45) is 0. The molecule has 40 heavy (non-hydrogen) atoms. The van der Waals surface area contributed by atoms with Crippen LogP contribution in [0.1, 0.15) is 0 Å². The molecule has 0 saturated carbocycles. The predicted molar refractivity (Wildman–Crippen MR) is 169 cm³/mol. The number of hydrogen-bond acceptors (Lipinski definition) is 2. The van der Waals surface area contributed by atoms with Gasteiger partial charge in [-0.05, 0) is 81.2 Å². The van der Waals surface area contributed by atoms with E-state index in [1.165, 1.54) is 32.7 Å². The second-order valence-electron chi connectivity index (χ2n) is 10.2. The molecule has 7 aromatic carbocycles. The van der Waals surface area contributed by atoms with Crippen molar-refractivity contribution >= 4 is 60.5 Å². The lowest BCUT2D eigenvalue weighted by Crippen LogP contribution is -2.09. The lowest BCUT2D eigenvalue weighted by molar-refractivity contribution is 0.669. The van der Waals surface area contributed by atoms with Crippen LogP contribution >= 0.6 is 0 Å². The van der Waals surface area contributed by atoms with Gasteiger partial charge in [-0.3, -0.25) is 0 Å². The van der Waals surface area contributed by atoms with Crippen LogP contribution in [0.15, 0.2) is 156 Å². The first-order valence-corrected chi connectivity index (χ1v) is 13.6. The monoisotopic (exact) mass is 511 g/mol. The van der Waals surface area contributed by atoms with Crippen molar-refractivity contribution in [2.24, 2.45) is 0 Å². The van der Waals surface area contributed by atoms with Gasteiger partial charge in [0.1, 0.15) is 11.2 Å². The van der Waals surface area contributed by atoms with E-state index in [1.54, 1.807) is 0 Å². The zero-order chi connectivity index (χ0) is 26.5. The molecular weight excluding hydrogens is 486 g/mol. The lowest BCUT2D eigenvalue weighted by Gasteiger charge is -2.25. The molecule has 1 heterocycles. The summed E-state index contributed by atoms with van der Waals surface area (Å²) in [4.78, 5) is 2.32. The zero-order valence-electron chi connectivity index (χ0n) is 21.8. The number of benzene rings is 7. The van der Waals surface area contributed by atoms with Gasteiger partial charge in [0.05, 0.1) is 0 Å². The van der Waals surface area contributed by atoms with Gasteiger partial charge in [0.15, 0.2) is 0 Å². The number of hydrogen-bond donors (Lipinski definition) is 0. The third kappa shape index (κ3) is 3.65. The molecule has 1 aromatic heterocycles. The lowest BCUT2D eigenvalue weighted by atomic mass is 9.98. The van der Waals surface area contributed by atoms with Crippen molar-refractivity contribution in [3.05, 3.63) is 152 Å². The summed E-state index contributed by atoms with van der Waals surface area (Å²) in [5.41, 5.74) is 7.56. The van der Waals surface area contributed by atoms with E-state index >= 15 is 0 Å². The Balaban J connectivity index is 1.29. The zero-order valence-corrected chi connectivity index (χ0v) is 21.8. The first-order valence-electron chi connectivity index (χ1n) is 13.6. The minimum absolute atomic E-state index is 0.898. The van der Waals surface area contributed by atoms with Crippen molar-refractivity contribution in [3.63, 3.8) is 0 Å². The molecule has 2 heteroatoms. The normalized spacial score (nSPS) is 11.5. The van der Waals surface area contributed by atoms with E-state index in [4.69, 9.17) is 4.42 Å². The SMILES string of the molecule is c1ccc(N(c2ccc(-c3cccc4ccccc34)cc2)c2ccc3oc4ccc5ccccc5c4c3c2)cc1. The van der Waals surface area contributed by atoms with E-state index in [0.29, 0.717) is 0 Å². The maximum absolute atomic E-state index is 6.29. The minimum atomic E-state index is 0.898. The largest absolute Gasteiger partial charge is 0.456 e. The second-order valence-corrected chi connectivity index (χ2v) is 10.2. The highest BCUT2D eigenvalue weighted by Gasteiger charge is 2.17. The Morgan fingerprint density at radius 1 is 0.400 bits per heavy atom. The highest BCUT2D eigenvalue weighted by molar-refractivity contribution is 6.19. The van der Waals surface area contributed by atoms with Gasteiger partial charge in [-0.1, -0.05) is 103 Å². The number of anilines is 3. The molecule has 0 fully saturated rings. The first-order chi connectivity index (χ1) is 19.8. The molecule has 0 bridgehead atoms. The molecule has 0 amide bonds. The fourth-order valence-corrected chi connectivity index (χ4v) is 5.97. The maximum atomic E-state index is 6.29. The van der Waals surface area contributed by atoms with E-state index in [1.807, 2.05) is 0 Å². The van der Waals surface area contributed by atoms with Crippen LogP contribution in [0.4, 0.5) is 17.1 Å². The molecule has 0 unspecified atom stereocenters. The molecule has 0 N–H and O–H groups in total. The van der Waals surface area contributed by atoms with Crippen molar-refractivity contribution in [2.45, 2.75) is 0 Å². The quantitative estimate of drug-likeness (QED) is 0.234. The molecule has 0 atom stereocenters. The minimum Gasteiger partial charge on any atom is -0.456 e. The smallest absolute Gasteiger partial charge is 0.136 e. The molecule has 0 aliphatic heterocycles. The molecule has 0 spiro atoms. The van der Waals surface area contributed by atoms with Crippen molar-refractivity contribution in [3.8, 4) is 11.1 Å². The fraction of sp³-hybridized carbons (Fsp3) is 0. The number of para-hydroxylation sites is 1. The first kappa shape index (κ1) is 22.6. The summed E-state index contributed by atoms with van der Waals surface area (Å²) in [5, 5.41) is 7.23. The Bertz CT molecular complexity index is 2150. The van der Waals surface area contributed by atoms with Gasteiger partial charge in [0, 0.05) is 27.8 Å². The van der Waals surface area contributed by atoms with Crippen molar-refractivity contribution < 1.29 is 4.42 Å². The van der Waals surface area contributed by atoms with E-state index in [-0.39, 0.29) is 0 Å². The van der Waals surface area contributed by atoms with Crippen LogP contribution in [0.3, 0.4) is 0 Å². The molecule has 0 aliphatic carbocycles. The van der Waals surface area contributed by atoms with Crippen molar-refractivity contribution in [2.75, 3.05) is 4.90 Å². The Morgan fingerprint density at radius 3 is 1.85 bits per heavy atom. The standard InChI is InChI=1S/C38H25NO/c1-2-12-29(13-3-1)39(30-20-17-28(18-21-30)33-16-8-11-26-9-4-6-14-32(26)33)31-22-24-36-35(25-31)38-34-15-7-5-10-27(34)19-23-37(38)40-36/h1-25H. The summed E-state index contributed by atoms with van der Waals surface area (Å²) in [7, 11) is 0. The van der Waals surface area contributed by atoms with E-state index < -0.39 is 0 Å². The molecule has 0 aliphatic rings. The van der Waals surface area contributed by atoms with Crippen molar-refractivity contribution in [1.82, 2.24) is 0 Å². The molecule has 8 aromatic rings. The van der Waals surface area contributed by atoms with E-state index in [0.717, 1.165) is 39.0 Å². The Hall–Kier alpha value is -5.34. The second kappa shape index (κ2) is 9.14. The number of fused-ring (bicyclic) bond motifs is 6. The summed E-state index contributed by atoms with van der Waals surface area (Å²) in [6, 6.07) is 53.8. The van der Waals surface area contributed by atoms with Gasteiger partial charge in [0.2, 0.25) is 0 Å². The summed E-state index contributed by atoms with van der Waals surface area (Å²) >= 11 is 0. The maximum Gasteiger partial charge on any atom is 0.136 e. The van der Waals surface area contributed by atoms with E-state index in [2.05, 4.69) is 157 Å². The molecular formula is C38H25NO. The van der Waals surface area contributed by atoms with Gasteiger partial charge < -0.3 is 9.32 Å². The third-order valence-corrected chi connectivity index (χ3v) is 7.84. The third-order valence-electron chi connectivity index (χ3n) is 7.84. The van der Waals surface area contributed by atoms with Crippen LogP contribution in [0, 0.1) is 0 Å². The Morgan fingerprint density at radius 2 is 1.02 bits per heavy atom. The van der Waals surface area contributed by atoms with Crippen molar-refractivity contribution in [1.29, 1.82) is 0 Å². The fourth-order valence-electron chi connectivity index (χ4n) is 5.97. The Kier molecular flexibility index (Phi) is 5.17. The molecule has 8 rings (SSSR count). The summed E-state index contributed by atoms with van der Waals surface area (Å²) in [5.74, 6) is 0. The van der Waals surface area contributed by atoms with Crippen LogP contribution in [-0.4, -0.2) is 0 Å². The van der Waals surface area contributed by atoms with Crippen LogP contribution < -0.4 is 4.90 Å². The van der Waals surface area contributed by atoms with Crippen LogP contribution in [0.5, 0.6) is 0 Å². The summed E-state index contributed by atoms with van der Waals surface area (Å²) in [6.45, 7) is 0. The molecule has 0 radical (unpaired) electrons. The highest BCUT2D eigenvalue weighted by Crippen LogP contribution is 2.41. The van der Waals surface area contributed by atoms with Gasteiger partial charge in [0.25, 0.3) is 0 Å². The Labute approximate surface area is 232 Å². The predicted octanol–water partition coefficient (Wildman–Crippen LogP) is 11.0. The van der Waals surface area contributed by atoms with Crippen LogP contribution in [0.25, 0.3) is 54.6 Å². The average Bonchev–Trinajstić information content (AvgIpc) is 3.40. The topological polar surface area (TPSA) is 16.4 Å². The van der Waals surface area contributed by atoms with E-state index in [9.17, 15) is 0 Å². The highest BCUT2D eigenvalue weighted by atomic mass is 16.3. The van der Waals surface area contributed by atoms with Gasteiger partial charge in [-0.15, -0.1) is 0 Å². The van der Waals surface area contributed by atoms with Gasteiger partial charge in [-0.25, -0.2) is 0 Å². The van der Waals surface area contributed by atoms with Crippen LogP contribution in [0.2, 0.25) is 0 Å². The number of nitrogens with zero attached hydrogens (tertiary/aromatic N) is 1. The number of rotatable bonds is 4. The molecule has 188 valence electrons. The van der Waals surface area contributed by atoms with Gasteiger partial charge in [-0.2, -0.15) is 0 Å². The average molecular weight is 512 g/mol. The molecule has 0 saturated heterocycles.